The molecule has 0 aromatic heterocycles. The Morgan fingerprint density at radius 3 is 2.31 bits per heavy atom. The predicted molar refractivity (Wildman–Crippen MR) is 52.7 cm³/mol. The van der Waals surface area contributed by atoms with E-state index in [1.54, 1.807) is 13.8 Å². The van der Waals surface area contributed by atoms with E-state index in [2.05, 4.69) is 17.9 Å². The molecule has 13 heavy (non-hydrogen) atoms. The van der Waals surface area contributed by atoms with Crippen molar-refractivity contribution in [3.05, 3.63) is 0 Å². The fourth-order valence-corrected chi connectivity index (χ4v) is 0.979. The third-order valence-electron chi connectivity index (χ3n) is 1.20. The number of ether oxygens (including phenoxy) is 1. The van der Waals surface area contributed by atoms with Crippen LogP contribution in [0.4, 0.5) is 0 Å². The molecule has 0 fully saturated rings. The van der Waals surface area contributed by atoms with Gasteiger partial charge in [0, 0.05) is 12.7 Å². The molecule has 0 aliphatic heterocycles. The van der Waals surface area contributed by atoms with E-state index in [9.17, 15) is 9.59 Å². The maximum atomic E-state index is 11.2. The number of amides is 1. The first-order valence-electron chi connectivity index (χ1n) is 4.05. The van der Waals surface area contributed by atoms with Gasteiger partial charge in [0.1, 0.15) is 6.04 Å². The fraction of sp³-hybridized carbons (Fsp3) is 0.750. The Morgan fingerprint density at radius 1 is 1.46 bits per heavy atom. The molecular formula is C8H15NO3S. The van der Waals surface area contributed by atoms with E-state index in [1.165, 1.54) is 6.92 Å². The molecule has 4 nitrogen and oxygen atoms in total. The molecule has 5 heteroatoms. The van der Waals surface area contributed by atoms with Gasteiger partial charge in [0.25, 0.3) is 0 Å². The summed E-state index contributed by atoms with van der Waals surface area (Å²) in [5, 5.41) is 2.44. The second-order valence-electron chi connectivity index (χ2n) is 2.92. The highest BCUT2D eigenvalue weighted by Crippen LogP contribution is 1.96. The Balaban J connectivity index is 4.07. The molecule has 0 saturated carbocycles. The van der Waals surface area contributed by atoms with Crippen molar-refractivity contribution in [2.75, 3.05) is 5.75 Å². The number of hydrogen-bond donors (Lipinski definition) is 2. The van der Waals surface area contributed by atoms with Crippen molar-refractivity contribution in [3.8, 4) is 0 Å². The minimum absolute atomic E-state index is 0.177. The smallest absolute Gasteiger partial charge is 0.329 e. The van der Waals surface area contributed by atoms with Gasteiger partial charge in [0.05, 0.1) is 6.10 Å². The Labute approximate surface area is 83.4 Å². The molecule has 1 amide bonds. The minimum Gasteiger partial charge on any atom is -0.461 e. The summed E-state index contributed by atoms with van der Waals surface area (Å²) in [6.45, 7) is 4.85. The van der Waals surface area contributed by atoms with Crippen molar-refractivity contribution in [1.29, 1.82) is 0 Å². The predicted octanol–water partition coefficient (Wildman–Crippen LogP) is 0.372. The Bertz CT molecular complexity index is 194. The summed E-state index contributed by atoms with van der Waals surface area (Å²) in [7, 11) is 0. The van der Waals surface area contributed by atoms with Gasteiger partial charge in [-0.3, -0.25) is 4.79 Å². The fourth-order valence-electron chi connectivity index (χ4n) is 0.739. The lowest BCUT2D eigenvalue weighted by Crippen LogP contribution is -2.42. The first-order chi connectivity index (χ1) is 5.97. The lowest BCUT2D eigenvalue weighted by molar-refractivity contribution is -0.150. The van der Waals surface area contributed by atoms with Crippen LogP contribution >= 0.6 is 12.6 Å². The molecule has 0 bridgehead atoms. The van der Waals surface area contributed by atoms with Crippen LogP contribution in [0.5, 0.6) is 0 Å². The monoisotopic (exact) mass is 205 g/mol. The molecule has 0 aromatic carbocycles. The van der Waals surface area contributed by atoms with Crippen molar-refractivity contribution in [2.24, 2.45) is 0 Å². The summed E-state index contributed by atoms with van der Waals surface area (Å²) in [6, 6.07) is -0.650. The molecule has 0 aromatic rings. The number of carbonyl (C=O) groups excluding carboxylic acids is 2. The van der Waals surface area contributed by atoms with Crippen molar-refractivity contribution >= 4 is 24.5 Å². The zero-order valence-electron chi connectivity index (χ0n) is 8.03. The average molecular weight is 205 g/mol. The van der Waals surface area contributed by atoms with Gasteiger partial charge >= 0.3 is 5.97 Å². The number of hydrogen-bond acceptors (Lipinski definition) is 4. The summed E-state index contributed by atoms with van der Waals surface area (Å²) >= 11 is 3.94. The normalized spacial score (nSPS) is 12.4. The Kier molecular flexibility index (Phi) is 5.53. The van der Waals surface area contributed by atoms with E-state index in [0.29, 0.717) is 0 Å². The van der Waals surface area contributed by atoms with Crippen LogP contribution in [-0.2, 0) is 14.3 Å². The van der Waals surface area contributed by atoms with Crippen LogP contribution < -0.4 is 5.32 Å². The van der Waals surface area contributed by atoms with E-state index < -0.39 is 12.0 Å². The second-order valence-corrected chi connectivity index (χ2v) is 3.29. The minimum atomic E-state index is -0.650. The molecule has 0 rings (SSSR count). The standard InChI is InChI=1S/C8H15NO3S/c1-5(2)12-8(11)7(4-13)9-6(3)10/h5,7,13H,4H2,1-3H3,(H,9,10). The van der Waals surface area contributed by atoms with Gasteiger partial charge in [-0.05, 0) is 13.8 Å². The first-order valence-corrected chi connectivity index (χ1v) is 4.69. The van der Waals surface area contributed by atoms with Gasteiger partial charge in [0.2, 0.25) is 5.91 Å². The molecule has 76 valence electrons. The number of esters is 1. The van der Waals surface area contributed by atoms with Crippen LogP contribution in [0.15, 0.2) is 0 Å². The zero-order chi connectivity index (χ0) is 10.4. The Hall–Kier alpha value is -0.710. The number of thiol groups is 1. The topological polar surface area (TPSA) is 55.4 Å². The summed E-state index contributed by atoms with van der Waals surface area (Å²) < 4.78 is 4.90. The van der Waals surface area contributed by atoms with E-state index in [-0.39, 0.29) is 17.8 Å². The number of rotatable bonds is 4. The maximum Gasteiger partial charge on any atom is 0.329 e. The number of carbonyl (C=O) groups is 2. The van der Waals surface area contributed by atoms with E-state index in [0.717, 1.165) is 0 Å². The van der Waals surface area contributed by atoms with Crippen molar-refractivity contribution in [3.63, 3.8) is 0 Å². The third-order valence-corrected chi connectivity index (χ3v) is 1.56. The molecule has 1 N–H and O–H groups in total. The Morgan fingerprint density at radius 2 is 2.00 bits per heavy atom. The highest BCUT2D eigenvalue weighted by atomic mass is 32.1. The van der Waals surface area contributed by atoms with Crippen LogP contribution in [0.25, 0.3) is 0 Å². The highest BCUT2D eigenvalue weighted by Gasteiger charge is 2.19. The van der Waals surface area contributed by atoms with Crippen LogP contribution in [-0.4, -0.2) is 29.8 Å². The molecule has 0 aliphatic carbocycles. The highest BCUT2D eigenvalue weighted by molar-refractivity contribution is 7.80. The van der Waals surface area contributed by atoms with E-state index >= 15 is 0 Å². The lowest BCUT2D eigenvalue weighted by Gasteiger charge is -2.16. The van der Waals surface area contributed by atoms with E-state index in [4.69, 9.17) is 4.74 Å². The average Bonchev–Trinajstić information content (AvgIpc) is 1.98. The van der Waals surface area contributed by atoms with Crippen molar-refractivity contribution < 1.29 is 14.3 Å². The van der Waals surface area contributed by atoms with Gasteiger partial charge in [0.15, 0.2) is 0 Å². The zero-order valence-corrected chi connectivity index (χ0v) is 8.93. The quantitative estimate of drug-likeness (QED) is 0.515. The summed E-state index contributed by atoms with van der Waals surface area (Å²) in [6.07, 6.45) is -0.177. The summed E-state index contributed by atoms with van der Waals surface area (Å²) in [5.74, 6) is -0.467. The van der Waals surface area contributed by atoms with Crippen molar-refractivity contribution in [2.45, 2.75) is 32.9 Å². The molecular weight excluding hydrogens is 190 g/mol. The van der Waals surface area contributed by atoms with Crippen LogP contribution in [0.3, 0.4) is 0 Å². The summed E-state index contributed by atoms with van der Waals surface area (Å²) in [4.78, 5) is 21.9. The largest absolute Gasteiger partial charge is 0.461 e. The molecule has 1 unspecified atom stereocenters. The van der Waals surface area contributed by atoms with Gasteiger partial charge in [-0.25, -0.2) is 4.79 Å². The molecule has 0 heterocycles. The van der Waals surface area contributed by atoms with Gasteiger partial charge in [-0.1, -0.05) is 0 Å². The summed E-state index contributed by atoms with van der Waals surface area (Å²) in [5.41, 5.74) is 0. The first kappa shape index (κ1) is 12.3. The van der Waals surface area contributed by atoms with Crippen LogP contribution in [0, 0.1) is 0 Å². The number of nitrogens with one attached hydrogen (secondary N) is 1. The van der Waals surface area contributed by atoms with E-state index in [1.807, 2.05) is 0 Å². The maximum absolute atomic E-state index is 11.2. The molecule has 0 aliphatic rings. The van der Waals surface area contributed by atoms with Crippen molar-refractivity contribution in [1.82, 2.24) is 5.32 Å². The van der Waals surface area contributed by atoms with Gasteiger partial charge in [-0.2, -0.15) is 12.6 Å². The van der Waals surface area contributed by atoms with Crippen LogP contribution in [0.2, 0.25) is 0 Å². The lowest BCUT2D eigenvalue weighted by atomic mass is 10.3. The SMILES string of the molecule is CC(=O)NC(CS)C(=O)OC(C)C. The second kappa shape index (κ2) is 5.85. The molecule has 1 atom stereocenters. The third kappa shape index (κ3) is 5.52. The van der Waals surface area contributed by atoms with Crippen LogP contribution in [0.1, 0.15) is 20.8 Å². The van der Waals surface area contributed by atoms with Gasteiger partial charge < -0.3 is 10.1 Å². The molecule has 0 radical (unpaired) electrons. The van der Waals surface area contributed by atoms with Gasteiger partial charge in [-0.15, -0.1) is 0 Å². The molecule has 0 saturated heterocycles. The molecule has 0 spiro atoms.